The summed E-state index contributed by atoms with van der Waals surface area (Å²) < 4.78 is 0. The third-order valence-corrected chi connectivity index (χ3v) is 3.48. The van der Waals surface area contributed by atoms with Crippen molar-refractivity contribution >= 4 is 23.3 Å². The lowest BCUT2D eigenvalue weighted by atomic mass is 10.2. The maximum atomic E-state index is 11.1. The van der Waals surface area contributed by atoms with Crippen LogP contribution >= 0.6 is 11.8 Å². The second-order valence-corrected chi connectivity index (χ2v) is 5.08. The maximum absolute atomic E-state index is 11.1. The Morgan fingerprint density at radius 2 is 2.10 bits per heavy atom. The SMILES string of the molecule is Cc1cnc(Sc2ccc(C(N)=NO)cc2[N+](=O)[O-])nc1. The molecular weight excluding hydrogens is 294 g/mol. The number of oxime groups is 1. The molecule has 1 aromatic heterocycles. The van der Waals surface area contributed by atoms with Gasteiger partial charge in [-0.25, -0.2) is 9.97 Å². The maximum Gasteiger partial charge on any atom is 0.284 e. The number of aromatic nitrogens is 2. The molecule has 3 N–H and O–H groups in total. The van der Waals surface area contributed by atoms with E-state index in [0.717, 1.165) is 17.3 Å². The molecule has 0 aliphatic rings. The topological polar surface area (TPSA) is 128 Å². The Morgan fingerprint density at radius 1 is 1.43 bits per heavy atom. The lowest BCUT2D eigenvalue weighted by Crippen LogP contribution is -2.13. The van der Waals surface area contributed by atoms with Crippen LogP contribution in [0.4, 0.5) is 5.69 Å². The molecule has 0 atom stereocenters. The molecule has 0 saturated carbocycles. The van der Waals surface area contributed by atoms with Crippen LogP contribution in [0.25, 0.3) is 0 Å². The van der Waals surface area contributed by atoms with Crippen LogP contribution in [0.1, 0.15) is 11.1 Å². The van der Waals surface area contributed by atoms with Crippen molar-refractivity contribution in [2.24, 2.45) is 10.9 Å². The highest BCUT2D eigenvalue weighted by atomic mass is 32.2. The molecule has 0 bridgehead atoms. The monoisotopic (exact) mass is 305 g/mol. The molecule has 0 spiro atoms. The minimum atomic E-state index is -0.537. The van der Waals surface area contributed by atoms with Gasteiger partial charge in [-0.3, -0.25) is 10.1 Å². The molecule has 0 aliphatic heterocycles. The van der Waals surface area contributed by atoms with E-state index in [9.17, 15) is 10.1 Å². The summed E-state index contributed by atoms with van der Waals surface area (Å²) in [5.41, 5.74) is 6.43. The Kier molecular flexibility index (Phi) is 4.33. The molecule has 0 radical (unpaired) electrons. The minimum absolute atomic E-state index is 0.159. The summed E-state index contributed by atoms with van der Waals surface area (Å²) in [5, 5.41) is 23.0. The number of nitro benzene ring substituents is 1. The van der Waals surface area contributed by atoms with Gasteiger partial charge in [-0.05, 0) is 36.4 Å². The highest BCUT2D eigenvalue weighted by Crippen LogP contribution is 2.33. The Labute approximate surface area is 123 Å². The van der Waals surface area contributed by atoms with E-state index >= 15 is 0 Å². The zero-order valence-electron chi connectivity index (χ0n) is 10.9. The number of hydrogen-bond donors (Lipinski definition) is 2. The predicted molar refractivity (Wildman–Crippen MR) is 76.5 cm³/mol. The number of benzene rings is 1. The summed E-state index contributed by atoms with van der Waals surface area (Å²) in [6, 6.07) is 4.28. The number of nitro groups is 1. The molecule has 0 fully saturated rings. The van der Waals surface area contributed by atoms with Crippen molar-refractivity contribution < 1.29 is 10.1 Å². The Bertz CT molecular complexity index is 703. The van der Waals surface area contributed by atoms with Crippen molar-refractivity contribution in [3.05, 3.63) is 51.8 Å². The predicted octanol–water partition coefficient (Wildman–Crippen LogP) is 1.94. The van der Waals surface area contributed by atoms with E-state index in [2.05, 4.69) is 15.1 Å². The number of rotatable bonds is 4. The van der Waals surface area contributed by atoms with Gasteiger partial charge >= 0.3 is 0 Å². The van der Waals surface area contributed by atoms with Crippen LogP contribution in [0.2, 0.25) is 0 Å². The second kappa shape index (κ2) is 6.18. The van der Waals surface area contributed by atoms with E-state index in [1.165, 1.54) is 18.2 Å². The van der Waals surface area contributed by atoms with Crippen molar-refractivity contribution in [3.63, 3.8) is 0 Å². The lowest BCUT2D eigenvalue weighted by Gasteiger charge is -2.04. The first-order valence-electron chi connectivity index (χ1n) is 5.74. The van der Waals surface area contributed by atoms with Gasteiger partial charge in [-0.1, -0.05) is 5.16 Å². The van der Waals surface area contributed by atoms with Crippen molar-refractivity contribution in [1.82, 2.24) is 9.97 Å². The molecule has 8 nitrogen and oxygen atoms in total. The molecule has 0 saturated heterocycles. The standard InChI is InChI=1S/C12H11N5O3S/c1-7-5-14-12(15-6-7)21-10-3-2-8(11(13)16-18)4-9(10)17(19)20/h2-6,18H,1H3,(H2,13,16). The zero-order chi connectivity index (χ0) is 15.4. The summed E-state index contributed by atoms with van der Waals surface area (Å²) in [6.07, 6.45) is 3.26. The Hall–Kier alpha value is -2.68. The van der Waals surface area contributed by atoms with Gasteiger partial charge in [0.15, 0.2) is 11.0 Å². The molecule has 108 valence electrons. The normalized spacial score (nSPS) is 11.4. The quantitative estimate of drug-likeness (QED) is 0.220. The minimum Gasteiger partial charge on any atom is -0.409 e. The van der Waals surface area contributed by atoms with Crippen molar-refractivity contribution in [2.75, 3.05) is 0 Å². The fraction of sp³-hybridized carbons (Fsp3) is 0.0833. The average molecular weight is 305 g/mol. The molecule has 0 amide bonds. The van der Waals surface area contributed by atoms with Crippen LogP contribution in [0, 0.1) is 17.0 Å². The van der Waals surface area contributed by atoms with E-state index in [1.807, 2.05) is 6.92 Å². The fourth-order valence-corrected chi connectivity index (χ4v) is 2.28. The van der Waals surface area contributed by atoms with Gasteiger partial charge < -0.3 is 10.9 Å². The first-order valence-corrected chi connectivity index (χ1v) is 6.55. The van der Waals surface area contributed by atoms with Crippen molar-refractivity contribution in [2.45, 2.75) is 17.0 Å². The molecule has 9 heteroatoms. The molecule has 1 aromatic carbocycles. The van der Waals surface area contributed by atoms with Crippen LogP contribution in [0.15, 0.2) is 45.8 Å². The van der Waals surface area contributed by atoms with E-state index in [-0.39, 0.29) is 17.1 Å². The van der Waals surface area contributed by atoms with Gasteiger partial charge in [0, 0.05) is 24.0 Å². The molecule has 0 unspecified atom stereocenters. The molecule has 2 rings (SSSR count). The third-order valence-electron chi connectivity index (χ3n) is 2.52. The van der Waals surface area contributed by atoms with Gasteiger partial charge in [-0.2, -0.15) is 0 Å². The zero-order valence-corrected chi connectivity index (χ0v) is 11.7. The first kappa shape index (κ1) is 14.7. The van der Waals surface area contributed by atoms with Crippen LogP contribution < -0.4 is 5.73 Å². The fourth-order valence-electron chi connectivity index (χ4n) is 1.50. The number of aryl methyl sites for hydroxylation is 1. The lowest BCUT2D eigenvalue weighted by molar-refractivity contribution is -0.387. The summed E-state index contributed by atoms with van der Waals surface area (Å²) in [6.45, 7) is 1.85. The highest BCUT2D eigenvalue weighted by molar-refractivity contribution is 7.99. The van der Waals surface area contributed by atoms with E-state index < -0.39 is 4.92 Å². The van der Waals surface area contributed by atoms with Gasteiger partial charge in [-0.15, -0.1) is 0 Å². The van der Waals surface area contributed by atoms with Crippen LogP contribution in [-0.2, 0) is 0 Å². The largest absolute Gasteiger partial charge is 0.409 e. The van der Waals surface area contributed by atoms with Gasteiger partial charge in [0.25, 0.3) is 5.69 Å². The summed E-state index contributed by atoms with van der Waals surface area (Å²) in [4.78, 5) is 19.2. The van der Waals surface area contributed by atoms with E-state index in [4.69, 9.17) is 10.9 Å². The summed E-state index contributed by atoms with van der Waals surface area (Å²) in [5.74, 6) is -0.193. The van der Waals surface area contributed by atoms with Crippen LogP contribution in [0.3, 0.4) is 0 Å². The summed E-state index contributed by atoms with van der Waals surface area (Å²) >= 11 is 1.07. The van der Waals surface area contributed by atoms with Crippen LogP contribution in [-0.4, -0.2) is 25.9 Å². The van der Waals surface area contributed by atoms with Gasteiger partial charge in [0.1, 0.15) is 0 Å². The van der Waals surface area contributed by atoms with E-state index in [0.29, 0.717) is 10.1 Å². The molecular formula is C12H11N5O3S. The number of nitrogens with two attached hydrogens (primary N) is 1. The first-order chi connectivity index (χ1) is 10.0. The van der Waals surface area contributed by atoms with Crippen molar-refractivity contribution in [3.8, 4) is 0 Å². The number of amidine groups is 1. The number of nitrogens with zero attached hydrogens (tertiary/aromatic N) is 4. The Morgan fingerprint density at radius 3 is 2.67 bits per heavy atom. The third kappa shape index (κ3) is 3.45. The summed E-state index contributed by atoms with van der Waals surface area (Å²) in [7, 11) is 0. The van der Waals surface area contributed by atoms with E-state index in [1.54, 1.807) is 12.4 Å². The molecule has 1 heterocycles. The van der Waals surface area contributed by atoms with Crippen molar-refractivity contribution in [1.29, 1.82) is 0 Å². The Balaban J connectivity index is 2.39. The van der Waals surface area contributed by atoms with Gasteiger partial charge in [0.2, 0.25) is 0 Å². The molecule has 2 aromatic rings. The van der Waals surface area contributed by atoms with Gasteiger partial charge in [0.05, 0.1) is 9.82 Å². The number of hydrogen-bond acceptors (Lipinski definition) is 7. The molecule has 0 aliphatic carbocycles. The smallest absolute Gasteiger partial charge is 0.284 e. The average Bonchev–Trinajstić information content (AvgIpc) is 2.49. The molecule has 21 heavy (non-hydrogen) atoms. The second-order valence-electron chi connectivity index (χ2n) is 4.07. The highest BCUT2D eigenvalue weighted by Gasteiger charge is 2.18. The van der Waals surface area contributed by atoms with Crippen LogP contribution in [0.5, 0.6) is 0 Å².